The van der Waals surface area contributed by atoms with Gasteiger partial charge in [-0.2, -0.15) is 11.8 Å². The van der Waals surface area contributed by atoms with Crippen LogP contribution in [0, 0.1) is 10.1 Å². The number of halogens is 1. The van der Waals surface area contributed by atoms with Crippen molar-refractivity contribution in [3.63, 3.8) is 0 Å². The SMILES string of the molecule is CSC(C)(C)CNS(=O)(=O)c1ccc(Cl)c([N+](=O)[O-])c1. The van der Waals surface area contributed by atoms with Gasteiger partial charge in [0.1, 0.15) is 5.02 Å². The Bertz CT molecular complexity index is 617. The average Bonchev–Trinajstić information content (AvgIpc) is 2.36. The fraction of sp³-hybridized carbons (Fsp3) is 0.455. The Labute approximate surface area is 127 Å². The molecule has 0 aliphatic rings. The van der Waals surface area contributed by atoms with Gasteiger partial charge in [0.25, 0.3) is 5.69 Å². The molecule has 0 amide bonds. The van der Waals surface area contributed by atoms with E-state index >= 15 is 0 Å². The van der Waals surface area contributed by atoms with Gasteiger partial charge in [0, 0.05) is 17.4 Å². The summed E-state index contributed by atoms with van der Waals surface area (Å²) in [6.45, 7) is 4.00. The summed E-state index contributed by atoms with van der Waals surface area (Å²) >= 11 is 7.17. The summed E-state index contributed by atoms with van der Waals surface area (Å²) in [4.78, 5) is 9.88. The van der Waals surface area contributed by atoms with Crippen LogP contribution >= 0.6 is 23.4 Å². The highest BCUT2D eigenvalue weighted by Gasteiger charge is 2.24. The topological polar surface area (TPSA) is 89.3 Å². The van der Waals surface area contributed by atoms with Crippen molar-refractivity contribution in [3.05, 3.63) is 33.3 Å². The molecule has 1 N–H and O–H groups in total. The second kappa shape index (κ2) is 6.30. The van der Waals surface area contributed by atoms with Crippen LogP contribution in [-0.2, 0) is 10.0 Å². The summed E-state index contributed by atoms with van der Waals surface area (Å²) in [5.41, 5.74) is -0.432. The number of nitrogens with one attached hydrogen (secondary N) is 1. The summed E-state index contributed by atoms with van der Waals surface area (Å²) in [5.74, 6) is 0. The molecule has 9 heteroatoms. The van der Waals surface area contributed by atoms with E-state index in [-0.39, 0.29) is 21.2 Å². The Morgan fingerprint density at radius 3 is 2.55 bits per heavy atom. The summed E-state index contributed by atoms with van der Waals surface area (Å²) in [6.07, 6.45) is 1.88. The van der Waals surface area contributed by atoms with Gasteiger partial charge in [-0.1, -0.05) is 11.6 Å². The van der Waals surface area contributed by atoms with Gasteiger partial charge in [-0.15, -0.1) is 0 Å². The largest absolute Gasteiger partial charge is 0.289 e. The second-order valence-corrected chi connectivity index (χ2v) is 8.35. The van der Waals surface area contributed by atoms with Crippen molar-refractivity contribution in [1.82, 2.24) is 4.72 Å². The highest BCUT2D eigenvalue weighted by atomic mass is 35.5. The van der Waals surface area contributed by atoms with Crippen LogP contribution in [0.25, 0.3) is 0 Å². The minimum atomic E-state index is -3.80. The van der Waals surface area contributed by atoms with Crippen molar-refractivity contribution in [2.24, 2.45) is 0 Å². The fourth-order valence-electron chi connectivity index (χ4n) is 1.22. The van der Waals surface area contributed by atoms with Crippen molar-refractivity contribution >= 4 is 39.1 Å². The third-order valence-corrected chi connectivity index (χ3v) is 5.63. The smallest absolute Gasteiger partial charge is 0.258 e. The molecule has 0 fully saturated rings. The number of hydrogen-bond acceptors (Lipinski definition) is 5. The minimum Gasteiger partial charge on any atom is -0.258 e. The van der Waals surface area contributed by atoms with Gasteiger partial charge >= 0.3 is 0 Å². The first kappa shape index (κ1) is 17.2. The lowest BCUT2D eigenvalue weighted by atomic mass is 10.2. The summed E-state index contributed by atoms with van der Waals surface area (Å²) in [7, 11) is -3.80. The van der Waals surface area contributed by atoms with Gasteiger partial charge in [0.05, 0.1) is 9.82 Å². The van der Waals surface area contributed by atoms with Crippen LogP contribution in [0.1, 0.15) is 13.8 Å². The molecule has 0 saturated carbocycles. The molecule has 0 aliphatic heterocycles. The van der Waals surface area contributed by atoms with Crippen molar-refractivity contribution < 1.29 is 13.3 Å². The molecule has 20 heavy (non-hydrogen) atoms. The van der Waals surface area contributed by atoms with E-state index in [1.54, 1.807) is 0 Å². The van der Waals surface area contributed by atoms with Crippen LogP contribution in [0.5, 0.6) is 0 Å². The third-order valence-electron chi connectivity index (χ3n) is 2.67. The van der Waals surface area contributed by atoms with Crippen molar-refractivity contribution in [3.8, 4) is 0 Å². The number of nitro benzene ring substituents is 1. The van der Waals surface area contributed by atoms with E-state index < -0.39 is 20.6 Å². The van der Waals surface area contributed by atoms with Gasteiger partial charge in [-0.3, -0.25) is 10.1 Å². The van der Waals surface area contributed by atoms with E-state index in [2.05, 4.69) is 4.72 Å². The molecular weight excluding hydrogens is 324 g/mol. The maximum Gasteiger partial charge on any atom is 0.289 e. The highest BCUT2D eigenvalue weighted by Crippen LogP contribution is 2.27. The first-order valence-electron chi connectivity index (χ1n) is 5.58. The van der Waals surface area contributed by atoms with Crippen molar-refractivity contribution in [2.45, 2.75) is 23.5 Å². The first-order chi connectivity index (χ1) is 9.09. The number of rotatable bonds is 6. The molecule has 0 bridgehead atoms. The van der Waals surface area contributed by atoms with Gasteiger partial charge in [0.15, 0.2) is 0 Å². The zero-order valence-electron chi connectivity index (χ0n) is 11.2. The molecule has 0 aliphatic carbocycles. The molecule has 1 rings (SSSR count). The summed E-state index contributed by atoms with van der Waals surface area (Å²) < 4.78 is 26.4. The number of thioether (sulfide) groups is 1. The molecular formula is C11H15ClN2O4S2. The number of hydrogen-bond donors (Lipinski definition) is 1. The monoisotopic (exact) mass is 338 g/mol. The van der Waals surface area contributed by atoms with Crippen molar-refractivity contribution in [1.29, 1.82) is 0 Å². The summed E-state index contributed by atoms with van der Waals surface area (Å²) in [6, 6.07) is 3.40. The molecule has 0 spiro atoms. The van der Waals surface area contributed by atoms with Gasteiger partial charge in [0.2, 0.25) is 10.0 Å². The van der Waals surface area contributed by atoms with Crippen LogP contribution in [0.15, 0.2) is 23.1 Å². The van der Waals surface area contributed by atoms with Gasteiger partial charge in [-0.25, -0.2) is 13.1 Å². The van der Waals surface area contributed by atoms with E-state index in [4.69, 9.17) is 11.6 Å². The van der Waals surface area contributed by atoms with Crippen molar-refractivity contribution in [2.75, 3.05) is 12.8 Å². The van der Waals surface area contributed by atoms with Crippen LogP contribution in [0.4, 0.5) is 5.69 Å². The molecule has 0 radical (unpaired) electrons. The van der Waals surface area contributed by atoms with E-state index in [9.17, 15) is 18.5 Å². The van der Waals surface area contributed by atoms with E-state index in [0.717, 1.165) is 6.07 Å². The fourth-order valence-corrected chi connectivity index (χ4v) is 2.95. The Morgan fingerprint density at radius 2 is 2.05 bits per heavy atom. The van der Waals surface area contributed by atoms with Gasteiger partial charge in [-0.05, 0) is 32.2 Å². The van der Waals surface area contributed by atoms with E-state index in [0.29, 0.717) is 0 Å². The quantitative estimate of drug-likeness (QED) is 0.636. The number of nitro groups is 1. The lowest BCUT2D eigenvalue weighted by Gasteiger charge is -2.22. The normalized spacial score (nSPS) is 12.4. The Hall–Kier alpha value is -0.830. The molecule has 0 unspecified atom stereocenters. The molecule has 0 saturated heterocycles. The predicted molar refractivity (Wildman–Crippen MR) is 80.9 cm³/mol. The third kappa shape index (κ3) is 4.34. The van der Waals surface area contributed by atoms with E-state index in [1.807, 2.05) is 20.1 Å². The molecule has 6 nitrogen and oxygen atoms in total. The number of benzene rings is 1. The average molecular weight is 339 g/mol. The lowest BCUT2D eigenvalue weighted by molar-refractivity contribution is -0.384. The van der Waals surface area contributed by atoms with Crippen LogP contribution in [0.2, 0.25) is 5.02 Å². The minimum absolute atomic E-state index is 0.0987. The first-order valence-corrected chi connectivity index (χ1v) is 8.66. The molecule has 0 atom stereocenters. The molecule has 0 aromatic heterocycles. The maximum atomic E-state index is 12.1. The summed E-state index contributed by atoms with van der Waals surface area (Å²) in [5, 5.41) is 10.7. The highest BCUT2D eigenvalue weighted by molar-refractivity contribution is 8.00. The standard InChI is InChI=1S/C11H15ClN2O4S2/c1-11(2,19-3)7-13-20(17,18)8-4-5-9(12)10(6-8)14(15)16/h4-6,13H,7H2,1-3H3. The zero-order chi connectivity index (χ0) is 15.6. The maximum absolute atomic E-state index is 12.1. The Balaban J connectivity index is 3.05. The lowest BCUT2D eigenvalue weighted by Crippen LogP contribution is -2.36. The van der Waals surface area contributed by atoms with Crippen LogP contribution in [0.3, 0.4) is 0 Å². The Kier molecular flexibility index (Phi) is 5.42. The van der Waals surface area contributed by atoms with Gasteiger partial charge < -0.3 is 0 Å². The Morgan fingerprint density at radius 1 is 1.45 bits per heavy atom. The van der Waals surface area contributed by atoms with Crippen LogP contribution in [-0.4, -0.2) is 30.9 Å². The zero-order valence-corrected chi connectivity index (χ0v) is 13.6. The number of nitrogens with zero attached hydrogens (tertiary/aromatic N) is 1. The molecule has 1 aromatic carbocycles. The molecule has 0 heterocycles. The number of sulfonamides is 1. The second-order valence-electron chi connectivity index (χ2n) is 4.66. The van der Waals surface area contributed by atoms with Crippen LogP contribution < -0.4 is 4.72 Å². The molecule has 1 aromatic rings. The predicted octanol–water partition coefficient (Wildman–Crippen LogP) is 2.67. The van der Waals surface area contributed by atoms with E-state index in [1.165, 1.54) is 23.9 Å². The molecule has 112 valence electrons.